The van der Waals surface area contributed by atoms with Gasteiger partial charge < -0.3 is 10.2 Å². The summed E-state index contributed by atoms with van der Waals surface area (Å²) < 4.78 is 0. The fourth-order valence-electron chi connectivity index (χ4n) is 2.77. The number of hydrogen-bond donors (Lipinski definition) is 1. The smallest absolute Gasteiger partial charge is 0.252 e. The second-order valence-electron chi connectivity index (χ2n) is 6.28. The summed E-state index contributed by atoms with van der Waals surface area (Å²) in [5.41, 5.74) is 0.537. The first-order valence-corrected chi connectivity index (χ1v) is 8.07. The van der Waals surface area contributed by atoms with Gasteiger partial charge in [-0.3, -0.25) is 14.6 Å². The topological polar surface area (TPSA) is 62.3 Å². The third kappa shape index (κ3) is 4.55. The largest absolute Gasteiger partial charge is 0.341 e. The fraction of sp³-hybridized carbons (Fsp3) is 0.588. The molecule has 120 valence electrons. The number of amides is 2. The monoisotopic (exact) mass is 303 g/mol. The molecule has 1 aliphatic rings. The van der Waals surface area contributed by atoms with Gasteiger partial charge in [0.25, 0.3) is 5.91 Å². The van der Waals surface area contributed by atoms with Gasteiger partial charge in [-0.1, -0.05) is 13.8 Å². The van der Waals surface area contributed by atoms with E-state index in [1.165, 1.54) is 6.42 Å². The van der Waals surface area contributed by atoms with Crippen LogP contribution >= 0.6 is 0 Å². The number of likely N-dealkylation sites (tertiary alicyclic amines) is 1. The van der Waals surface area contributed by atoms with E-state index in [1.54, 1.807) is 24.5 Å². The van der Waals surface area contributed by atoms with Gasteiger partial charge in [-0.25, -0.2) is 0 Å². The molecule has 0 radical (unpaired) electrons. The van der Waals surface area contributed by atoms with Crippen LogP contribution in [0.1, 0.15) is 49.9 Å². The number of carbonyl (C=O) groups is 2. The van der Waals surface area contributed by atoms with Crippen LogP contribution in [0.15, 0.2) is 24.5 Å². The highest BCUT2D eigenvalue weighted by Crippen LogP contribution is 2.14. The van der Waals surface area contributed by atoms with E-state index in [4.69, 9.17) is 0 Å². The summed E-state index contributed by atoms with van der Waals surface area (Å²) in [7, 11) is 0. The van der Waals surface area contributed by atoms with Crippen LogP contribution in [0.4, 0.5) is 0 Å². The van der Waals surface area contributed by atoms with E-state index in [-0.39, 0.29) is 11.8 Å². The number of aromatic nitrogens is 1. The van der Waals surface area contributed by atoms with Gasteiger partial charge in [0.05, 0.1) is 0 Å². The molecule has 1 atom stereocenters. The summed E-state index contributed by atoms with van der Waals surface area (Å²) in [5.74, 6) is 0.186. The van der Waals surface area contributed by atoms with E-state index in [0.29, 0.717) is 17.9 Å². The van der Waals surface area contributed by atoms with Crippen LogP contribution in [-0.4, -0.2) is 40.8 Å². The van der Waals surface area contributed by atoms with Crippen LogP contribution in [0.25, 0.3) is 0 Å². The summed E-state index contributed by atoms with van der Waals surface area (Å²) in [6.07, 6.45) is 7.11. The van der Waals surface area contributed by atoms with Gasteiger partial charge in [0.15, 0.2) is 0 Å². The van der Waals surface area contributed by atoms with Gasteiger partial charge in [-0.05, 0) is 43.7 Å². The first-order chi connectivity index (χ1) is 10.6. The van der Waals surface area contributed by atoms with E-state index in [1.807, 2.05) is 4.90 Å². The highest BCUT2D eigenvalue weighted by Gasteiger charge is 2.27. The van der Waals surface area contributed by atoms with Crippen LogP contribution in [0.3, 0.4) is 0 Å². The molecule has 2 rings (SSSR count). The molecular weight excluding hydrogens is 278 g/mol. The van der Waals surface area contributed by atoms with Crippen molar-refractivity contribution in [2.75, 3.05) is 13.1 Å². The second kappa shape index (κ2) is 7.92. The van der Waals surface area contributed by atoms with Crippen molar-refractivity contribution in [1.82, 2.24) is 15.2 Å². The molecule has 2 heterocycles. The SMILES string of the molecule is CC(C)C[C@@H](NC(=O)c1ccncc1)C(=O)N1CCCCC1. The van der Waals surface area contributed by atoms with E-state index < -0.39 is 6.04 Å². The van der Waals surface area contributed by atoms with Crippen LogP contribution < -0.4 is 5.32 Å². The Hall–Kier alpha value is -1.91. The molecule has 0 spiro atoms. The number of nitrogens with one attached hydrogen (secondary N) is 1. The zero-order valence-corrected chi connectivity index (χ0v) is 13.4. The molecule has 0 aromatic carbocycles. The highest BCUT2D eigenvalue weighted by atomic mass is 16.2. The lowest BCUT2D eigenvalue weighted by atomic mass is 10.0. The van der Waals surface area contributed by atoms with Crippen molar-refractivity contribution in [1.29, 1.82) is 0 Å². The number of carbonyl (C=O) groups excluding carboxylic acids is 2. The molecule has 1 N–H and O–H groups in total. The molecule has 1 aromatic heterocycles. The number of pyridine rings is 1. The minimum atomic E-state index is -0.446. The van der Waals surface area contributed by atoms with E-state index in [9.17, 15) is 9.59 Å². The van der Waals surface area contributed by atoms with Gasteiger partial charge in [0, 0.05) is 31.0 Å². The Bertz CT molecular complexity index is 496. The number of nitrogens with zero attached hydrogens (tertiary/aromatic N) is 2. The van der Waals surface area contributed by atoms with Gasteiger partial charge in [-0.15, -0.1) is 0 Å². The lowest BCUT2D eigenvalue weighted by Gasteiger charge is -2.31. The van der Waals surface area contributed by atoms with Gasteiger partial charge in [-0.2, -0.15) is 0 Å². The van der Waals surface area contributed by atoms with Gasteiger partial charge in [0.1, 0.15) is 6.04 Å². The van der Waals surface area contributed by atoms with Crippen molar-refractivity contribution in [2.24, 2.45) is 5.92 Å². The molecule has 1 aliphatic heterocycles. The second-order valence-corrected chi connectivity index (χ2v) is 6.28. The first kappa shape index (κ1) is 16.5. The maximum absolute atomic E-state index is 12.7. The summed E-state index contributed by atoms with van der Waals surface area (Å²) in [6, 6.07) is 2.87. The number of piperidine rings is 1. The predicted octanol–water partition coefficient (Wildman–Crippen LogP) is 2.24. The van der Waals surface area contributed by atoms with E-state index >= 15 is 0 Å². The van der Waals surface area contributed by atoms with Crippen LogP contribution in [-0.2, 0) is 4.79 Å². The molecule has 0 bridgehead atoms. The molecule has 1 aromatic rings. The molecule has 22 heavy (non-hydrogen) atoms. The number of hydrogen-bond acceptors (Lipinski definition) is 3. The molecule has 1 saturated heterocycles. The van der Waals surface area contributed by atoms with Crippen molar-refractivity contribution in [3.8, 4) is 0 Å². The minimum Gasteiger partial charge on any atom is -0.341 e. The third-order valence-electron chi connectivity index (χ3n) is 3.92. The summed E-state index contributed by atoms with van der Waals surface area (Å²) in [5, 5.41) is 2.90. The minimum absolute atomic E-state index is 0.0517. The van der Waals surface area contributed by atoms with Gasteiger partial charge >= 0.3 is 0 Å². The normalized spacial score (nSPS) is 16.4. The van der Waals surface area contributed by atoms with Crippen molar-refractivity contribution >= 4 is 11.8 Å². The molecular formula is C17H25N3O2. The van der Waals surface area contributed by atoms with E-state index in [2.05, 4.69) is 24.1 Å². The van der Waals surface area contributed by atoms with Crippen LogP contribution in [0, 0.1) is 5.92 Å². The first-order valence-electron chi connectivity index (χ1n) is 8.07. The summed E-state index contributed by atoms with van der Waals surface area (Å²) in [6.45, 7) is 5.74. The lowest BCUT2D eigenvalue weighted by molar-refractivity contribution is -0.134. The maximum Gasteiger partial charge on any atom is 0.252 e. The Labute approximate surface area is 132 Å². The fourth-order valence-corrected chi connectivity index (χ4v) is 2.77. The van der Waals surface area contributed by atoms with Crippen LogP contribution in [0.2, 0.25) is 0 Å². The summed E-state index contributed by atoms with van der Waals surface area (Å²) in [4.78, 5) is 30.8. The molecule has 0 unspecified atom stereocenters. The Morgan fingerprint density at radius 1 is 1.18 bits per heavy atom. The lowest BCUT2D eigenvalue weighted by Crippen LogP contribution is -2.50. The molecule has 1 fully saturated rings. The van der Waals surface area contributed by atoms with Crippen molar-refractivity contribution < 1.29 is 9.59 Å². The molecule has 0 saturated carbocycles. The quantitative estimate of drug-likeness (QED) is 0.907. The Morgan fingerprint density at radius 3 is 2.41 bits per heavy atom. The Morgan fingerprint density at radius 2 is 1.82 bits per heavy atom. The predicted molar refractivity (Wildman–Crippen MR) is 85.4 cm³/mol. The number of rotatable bonds is 5. The van der Waals surface area contributed by atoms with Crippen molar-refractivity contribution in [3.63, 3.8) is 0 Å². The van der Waals surface area contributed by atoms with E-state index in [0.717, 1.165) is 25.9 Å². The molecule has 2 amide bonds. The standard InChI is InChI=1S/C17H25N3O2/c1-13(2)12-15(17(22)20-10-4-3-5-11-20)19-16(21)14-6-8-18-9-7-14/h6-9,13,15H,3-5,10-12H2,1-2H3,(H,19,21)/t15-/m1/s1. The van der Waals surface area contributed by atoms with Crippen molar-refractivity contribution in [2.45, 2.75) is 45.6 Å². The summed E-state index contributed by atoms with van der Waals surface area (Å²) >= 11 is 0. The average Bonchev–Trinajstić information content (AvgIpc) is 2.54. The average molecular weight is 303 g/mol. The van der Waals surface area contributed by atoms with Gasteiger partial charge in [0.2, 0.25) is 5.91 Å². The van der Waals surface area contributed by atoms with Crippen LogP contribution in [0.5, 0.6) is 0 Å². The zero-order valence-electron chi connectivity index (χ0n) is 13.4. The molecule has 5 nitrogen and oxygen atoms in total. The molecule has 5 heteroatoms. The van der Waals surface area contributed by atoms with Crippen molar-refractivity contribution in [3.05, 3.63) is 30.1 Å². The molecule has 0 aliphatic carbocycles. The zero-order chi connectivity index (χ0) is 15.9. The Kier molecular flexibility index (Phi) is 5.92. The Balaban J connectivity index is 2.05. The highest BCUT2D eigenvalue weighted by molar-refractivity contribution is 5.97. The maximum atomic E-state index is 12.7. The third-order valence-corrected chi connectivity index (χ3v) is 3.92.